The molecule has 0 radical (unpaired) electrons. The topological polar surface area (TPSA) is 16.1 Å². The molecular weight excluding hydrogens is 852 g/mol. The fourth-order valence-electron chi connectivity index (χ4n) is 10.3. The summed E-state index contributed by atoms with van der Waals surface area (Å²) in [5.41, 5.74) is 15.9. The smallest absolute Gasteiger partial charge is 0.328 e. The molecule has 0 spiro atoms. The van der Waals surface area contributed by atoms with Crippen LogP contribution in [0.25, 0.3) is 55.9 Å². The van der Waals surface area contributed by atoms with Gasteiger partial charge in [-0.1, -0.05) is 218 Å². The van der Waals surface area contributed by atoms with E-state index in [1.165, 1.54) is 69.6 Å². The quantitative estimate of drug-likeness (QED) is 0.127. The van der Waals surface area contributed by atoms with Crippen LogP contribution in [0.2, 0.25) is 0 Å². The van der Waals surface area contributed by atoms with Crippen LogP contribution >= 0.6 is 10.0 Å². The maximum Gasteiger partial charge on any atom is 0.328 e. The standard InChI is InChI=1S/C65H47BN2S/c1-7-24-48(25-8-1)52-42-53(49-26-9-2-10-27-49)45-59(44-52)69(56-33-15-5-16-34-56,57-35-17-6-18-36-57)58-37-23-30-51(43-58)64-47-55(46-63(67-64)50-28-11-3-12-29-50)68-65-41-22-20-39-61(65)60-38-19-21-40-62(60)66(68)54-31-13-4-14-32-54/h1-47H. The van der Waals surface area contributed by atoms with E-state index in [2.05, 4.69) is 290 Å². The first-order chi connectivity index (χ1) is 34.2. The number of hydrogen-bond acceptors (Lipinski definition) is 2. The van der Waals surface area contributed by atoms with Gasteiger partial charge in [0.15, 0.2) is 0 Å². The van der Waals surface area contributed by atoms with E-state index < -0.39 is 10.0 Å². The van der Waals surface area contributed by atoms with Gasteiger partial charge in [-0.15, -0.1) is 10.0 Å². The Kier molecular flexibility index (Phi) is 11.1. The molecule has 69 heavy (non-hydrogen) atoms. The second kappa shape index (κ2) is 18.3. The van der Waals surface area contributed by atoms with Crippen molar-refractivity contribution in [3.8, 4) is 55.9 Å². The molecule has 0 bridgehead atoms. The lowest BCUT2D eigenvalue weighted by molar-refractivity contribution is 1.23. The average Bonchev–Trinajstić information content (AvgIpc) is 3.44. The molecule has 12 rings (SSSR count). The van der Waals surface area contributed by atoms with Gasteiger partial charge in [0.1, 0.15) is 0 Å². The third-order valence-corrected chi connectivity index (χ3v) is 17.3. The van der Waals surface area contributed by atoms with Crippen LogP contribution in [0.15, 0.2) is 305 Å². The molecule has 0 fully saturated rings. The van der Waals surface area contributed by atoms with E-state index in [9.17, 15) is 0 Å². The van der Waals surface area contributed by atoms with Crippen molar-refractivity contribution in [3.05, 3.63) is 285 Å². The summed E-state index contributed by atoms with van der Waals surface area (Å²) in [5.74, 6) is 0. The van der Waals surface area contributed by atoms with Gasteiger partial charge in [0.25, 0.3) is 0 Å². The molecular formula is C65H47BN2S. The zero-order valence-corrected chi connectivity index (χ0v) is 38.8. The Morgan fingerprint density at radius 1 is 0.304 bits per heavy atom. The molecule has 2 heterocycles. The molecule has 1 aliphatic rings. The van der Waals surface area contributed by atoms with Crippen molar-refractivity contribution in [2.75, 3.05) is 4.81 Å². The molecule has 0 saturated carbocycles. The summed E-state index contributed by atoms with van der Waals surface area (Å²) in [6.45, 7) is -0.0773. The van der Waals surface area contributed by atoms with Gasteiger partial charge >= 0.3 is 6.85 Å². The Balaban J connectivity index is 1.12. The summed E-state index contributed by atoms with van der Waals surface area (Å²) in [5, 5.41) is 0. The first kappa shape index (κ1) is 42.0. The Hall–Kier alpha value is -8.44. The fourth-order valence-corrected chi connectivity index (χ4v) is 14.2. The van der Waals surface area contributed by atoms with Gasteiger partial charge in [0.05, 0.1) is 11.4 Å². The minimum absolute atomic E-state index is 0.0773. The minimum atomic E-state index is -2.15. The Labute approximate surface area is 407 Å². The number of pyridine rings is 1. The second-order valence-corrected chi connectivity index (χ2v) is 20.6. The van der Waals surface area contributed by atoms with Crippen molar-refractivity contribution < 1.29 is 0 Å². The van der Waals surface area contributed by atoms with Crippen LogP contribution in [0.3, 0.4) is 0 Å². The molecule has 0 amide bonds. The molecule has 1 aliphatic heterocycles. The Morgan fingerprint density at radius 3 is 1.33 bits per heavy atom. The molecule has 11 aromatic rings. The number of anilines is 2. The van der Waals surface area contributed by atoms with Gasteiger partial charge in [0.2, 0.25) is 0 Å². The minimum Gasteiger partial charge on any atom is -0.376 e. The van der Waals surface area contributed by atoms with E-state index in [-0.39, 0.29) is 6.85 Å². The fraction of sp³-hybridized carbons (Fsp3) is 0. The first-order valence-corrected chi connectivity index (χ1v) is 25.3. The normalized spacial score (nSPS) is 12.2. The van der Waals surface area contributed by atoms with Crippen LogP contribution in [-0.2, 0) is 0 Å². The average molecular weight is 899 g/mol. The van der Waals surface area contributed by atoms with Gasteiger partial charge < -0.3 is 4.81 Å². The van der Waals surface area contributed by atoms with Crippen LogP contribution in [0.1, 0.15) is 0 Å². The molecule has 0 unspecified atom stereocenters. The third kappa shape index (κ3) is 7.75. The zero-order valence-electron chi connectivity index (χ0n) is 38.0. The van der Waals surface area contributed by atoms with Crippen LogP contribution in [0, 0.1) is 0 Å². The monoisotopic (exact) mass is 898 g/mol. The molecule has 4 heteroatoms. The van der Waals surface area contributed by atoms with Crippen molar-refractivity contribution in [1.82, 2.24) is 4.98 Å². The maximum absolute atomic E-state index is 5.60. The number of fused-ring (bicyclic) bond motifs is 3. The van der Waals surface area contributed by atoms with Gasteiger partial charge in [-0.05, 0) is 106 Å². The molecule has 0 atom stereocenters. The van der Waals surface area contributed by atoms with Crippen molar-refractivity contribution in [2.45, 2.75) is 19.6 Å². The molecule has 0 saturated heterocycles. The molecule has 0 aliphatic carbocycles. The molecule has 10 aromatic carbocycles. The summed E-state index contributed by atoms with van der Waals surface area (Å²) in [6.07, 6.45) is 0. The highest BCUT2D eigenvalue weighted by atomic mass is 32.3. The molecule has 2 nitrogen and oxygen atoms in total. The predicted octanol–water partition coefficient (Wildman–Crippen LogP) is 16.0. The highest BCUT2D eigenvalue weighted by Crippen LogP contribution is 2.74. The number of hydrogen-bond donors (Lipinski definition) is 0. The lowest BCUT2D eigenvalue weighted by Gasteiger charge is -2.42. The number of para-hydroxylation sites is 1. The summed E-state index contributed by atoms with van der Waals surface area (Å²) in [6, 6.07) is 104. The van der Waals surface area contributed by atoms with Gasteiger partial charge in [-0.25, -0.2) is 4.98 Å². The van der Waals surface area contributed by atoms with Crippen molar-refractivity contribution in [3.63, 3.8) is 0 Å². The highest BCUT2D eigenvalue weighted by molar-refractivity contribution is 8.34. The molecule has 1 aromatic heterocycles. The van der Waals surface area contributed by atoms with E-state index in [0.29, 0.717) is 0 Å². The van der Waals surface area contributed by atoms with Crippen molar-refractivity contribution in [2.24, 2.45) is 0 Å². The summed E-state index contributed by atoms with van der Waals surface area (Å²) in [4.78, 5) is 13.2. The van der Waals surface area contributed by atoms with E-state index in [1.54, 1.807) is 0 Å². The van der Waals surface area contributed by atoms with Crippen molar-refractivity contribution in [1.29, 1.82) is 0 Å². The van der Waals surface area contributed by atoms with Gasteiger partial charge in [-0.2, -0.15) is 0 Å². The summed E-state index contributed by atoms with van der Waals surface area (Å²) < 4.78 is 0. The maximum atomic E-state index is 5.60. The summed E-state index contributed by atoms with van der Waals surface area (Å²) >= 11 is 0. The largest absolute Gasteiger partial charge is 0.376 e. The zero-order chi connectivity index (χ0) is 46.0. The highest BCUT2D eigenvalue weighted by Gasteiger charge is 2.38. The van der Waals surface area contributed by atoms with Gasteiger partial charge in [0, 0.05) is 47.6 Å². The lowest BCUT2D eigenvalue weighted by atomic mass is 9.46. The number of nitrogens with zero attached hydrogens (tertiary/aromatic N) is 2. The van der Waals surface area contributed by atoms with E-state index in [4.69, 9.17) is 4.98 Å². The third-order valence-electron chi connectivity index (χ3n) is 13.4. The SMILES string of the molecule is c1ccc(B2c3ccccc3-c3ccccc3N2c2cc(-c3ccccc3)nc(-c3cccc(S(c4ccccc4)(c4ccccc4)c4cc(-c5ccccc5)cc(-c5ccccc5)c4)c3)c2)cc1. The first-order valence-electron chi connectivity index (χ1n) is 23.6. The van der Waals surface area contributed by atoms with E-state index in [1.807, 2.05) is 0 Å². The van der Waals surface area contributed by atoms with Crippen molar-refractivity contribution >= 4 is 39.2 Å². The number of benzene rings is 10. The molecule has 0 N–H and O–H groups in total. The second-order valence-electron chi connectivity index (χ2n) is 17.5. The predicted molar refractivity (Wildman–Crippen MR) is 291 cm³/mol. The van der Waals surface area contributed by atoms with Gasteiger partial charge in [-0.3, -0.25) is 0 Å². The van der Waals surface area contributed by atoms with Crippen LogP contribution in [0.5, 0.6) is 0 Å². The lowest BCUT2D eigenvalue weighted by Crippen LogP contribution is -2.57. The Morgan fingerprint density at radius 2 is 0.739 bits per heavy atom. The molecule has 326 valence electrons. The van der Waals surface area contributed by atoms with E-state index >= 15 is 0 Å². The van der Waals surface area contributed by atoms with Crippen LogP contribution in [-0.4, -0.2) is 11.8 Å². The summed E-state index contributed by atoms with van der Waals surface area (Å²) in [7, 11) is -2.15. The number of aromatic nitrogens is 1. The number of rotatable bonds is 10. The van der Waals surface area contributed by atoms with Crippen LogP contribution < -0.4 is 15.7 Å². The van der Waals surface area contributed by atoms with Crippen LogP contribution in [0.4, 0.5) is 11.4 Å². The van der Waals surface area contributed by atoms with E-state index in [0.717, 1.165) is 28.2 Å². The Bertz CT molecular complexity index is 3450.